The van der Waals surface area contributed by atoms with Crippen LogP contribution in [0.15, 0.2) is 0 Å². The summed E-state index contributed by atoms with van der Waals surface area (Å²) in [5.74, 6) is -1.90. The summed E-state index contributed by atoms with van der Waals surface area (Å²) < 4.78 is 32.1. The van der Waals surface area contributed by atoms with Crippen LogP contribution in [0.2, 0.25) is 0 Å². The van der Waals surface area contributed by atoms with Crippen LogP contribution >= 0.6 is 21.6 Å². The van der Waals surface area contributed by atoms with Crippen molar-refractivity contribution in [1.29, 1.82) is 0 Å². The second-order valence-electron chi connectivity index (χ2n) is 3.10. The molecule has 19 heavy (non-hydrogen) atoms. The fourth-order valence-corrected chi connectivity index (χ4v) is 2.98. The Labute approximate surface area is 116 Å². The largest absolute Gasteiger partial charge is 0.480 e. The molecule has 0 aromatic heterocycles. The highest BCUT2D eigenvalue weighted by Gasteiger charge is 2.17. The Morgan fingerprint density at radius 1 is 1.21 bits per heavy atom. The smallest absolute Gasteiger partial charge is 0.418 e. The number of carbonyl (C=O) groups excluding carboxylic acids is 1. The van der Waals surface area contributed by atoms with Crippen LogP contribution < -0.4 is 16.9 Å². The number of carbonyl (C=O) groups is 2. The number of carboxylic acids is 1. The maximum Gasteiger partial charge on any atom is 0.418 e. The summed E-state index contributed by atoms with van der Waals surface area (Å²) in [4.78, 5) is 21.5. The molecule has 0 bridgehead atoms. The average molecular weight is 335 g/mol. The van der Waals surface area contributed by atoms with Crippen molar-refractivity contribution in [2.45, 2.75) is 12.1 Å². The van der Waals surface area contributed by atoms with Gasteiger partial charge >= 0.3 is 16.4 Å². The van der Waals surface area contributed by atoms with Crippen molar-refractivity contribution in [3.63, 3.8) is 0 Å². The van der Waals surface area contributed by atoms with Crippen LogP contribution in [0.5, 0.6) is 0 Å². The highest BCUT2D eigenvalue weighted by atomic mass is 33.1. The molecule has 0 aliphatic carbocycles. The maximum atomic E-state index is 11.1. The van der Waals surface area contributed by atoms with E-state index in [9.17, 15) is 18.0 Å². The number of rotatable bonds is 9. The first-order chi connectivity index (χ1) is 8.63. The van der Waals surface area contributed by atoms with E-state index in [1.54, 1.807) is 0 Å². The minimum Gasteiger partial charge on any atom is -0.480 e. The number of amides is 1. The number of hydrogen-bond donors (Lipinski definition) is 5. The van der Waals surface area contributed by atoms with Gasteiger partial charge in [0, 0.05) is 11.5 Å². The molecule has 0 fully saturated rings. The van der Waals surface area contributed by atoms with E-state index in [1.807, 2.05) is 0 Å². The number of carboxylic acid groups (broad SMARTS) is 1. The molecule has 0 radical (unpaired) electrons. The highest BCUT2D eigenvalue weighted by Crippen LogP contribution is 2.22. The summed E-state index contributed by atoms with van der Waals surface area (Å²) in [6.07, 6.45) is 0. The van der Waals surface area contributed by atoms with Crippen LogP contribution in [-0.4, -0.2) is 53.5 Å². The summed E-state index contributed by atoms with van der Waals surface area (Å²) in [5, 5.41) is 8.49. The third-order valence-corrected chi connectivity index (χ3v) is 4.25. The van der Waals surface area contributed by atoms with E-state index in [4.69, 9.17) is 21.1 Å². The normalized spacial score (nSPS) is 14.7. The second kappa shape index (κ2) is 8.57. The van der Waals surface area contributed by atoms with Gasteiger partial charge in [0.15, 0.2) is 0 Å². The first-order valence-electron chi connectivity index (χ1n) is 4.57. The summed E-state index contributed by atoms with van der Waals surface area (Å²) in [6.45, 7) is 0. The molecule has 2 atom stereocenters. The summed E-state index contributed by atoms with van der Waals surface area (Å²) in [7, 11) is -2.59. The van der Waals surface area contributed by atoms with Gasteiger partial charge in [0.2, 0.25) is 0 Å². The lowest BCUT2D eigenvalue weighted by atomic mass is 10.3. The van der Waals surface area contributed by atoms with Gasteiger partial charge in [-0.2, -0.15) is 8.42 Å². The SMILES string of the molecule is N[C@@H](CSSC[C@H](N)C(=O)NOS(=O)(=O)O)C(=O)O. The van der Waals surface area contributed by atoms with E-state index in [1.165, 1.54) is 5.48 Å². The average Bonchev–Trinajstić information content (AvgIpc) is 2.29. The fraction of sp³-hybridized carbons (Fsp3) is 0.667. The number of nitrogens with two attached hydrogens (primary N) is 2. The Morgan fingerprint density at radius 2 is 1.68 bits per heavy atom. The Hall–Kier alpha value is -0.570. The summed E-state index contributed by atoms with van der Waals surface area (Å²) in [6, 6.07) is -2.12. The molecule has 0 heterocycles. The molecule has 0 saturated carbocycles. The number of hydrogen-bond acceptors (Lipinski definition) is 9. The van der Waals surface area contributed by atoms with E-state index < -0.39 is 34.4 Å². The first-order valence-corrected chi connectivity index (χ1v) is 8.43. The standard InChI is InChI=1S/C6H13N3O7S3/c7-3(5(10)9-16-19(13,14)15)1-17-18-2-4(8)6(11)12/h3-4H,1-2,7-8H2,(H,9,10)(H,11,12)(H,13,14,15)/t3-,4-/m0/s1. The predicted octanol–water partition coefficient (Wildman–Crippen LogP) is -2.04. The quantitative estimate of drug-likeness (QED) is 0.135. The van der Waals surface area contributed by atoms with Crippen LogP contribution in [0.3, 0.4) is 0 Å². The van der Waals surface area contributed by atoms with Crippen LogP contribution in [0.4, 0.5) is 0 Å². The van der Waals surface area contributed by atoms with Crippen LogP contribution in [-0.2, 0) is 24.3 Å². The molecule has 0 spiro atoms. The van der Waals surface area contributed by atoms with E-state index in [0.717, 1.165) is 21.6 Å². The van der Waals surface area contributed by atoms with Crippen molar-refractivity contribution in [3.05, 3.63) is 0 Å². The molecule has 0 unspecified atom stereocenters. The Bertz CT molecular complexity index is 414. The molecule has 0 aliphatic rings. The maximum absolute atomic E-state index is 11.1. The van der Waals surface area contributed by atoms with Crippen molar-refractivity contribution >= 4 is 43.9 Å². The summed E-state index contributed by atoms with van der Waals surface area (Å²) >= 11 is 0. The van der Waals surface area contributed by atoms with Crippen LogP contribution in [0, 0.1) is 0 Å². The molecule has 1 amide bonds. The van der Waals surface area contributed by atoms with Gasteiger partial charge < -0.3 is 16.6 Å². The third kappa shape index (κ3) is 9.94. The lowest BCUT2D eigenvalue weighted by Gasteiger charge is -2.10. The van der Waals surface area contributed by atoms with Crippen molar-refractivity contribution in [2.75, 3.05) is 11.5 Å². The number of nitrogens with one attached hydrogen (secondary N) is 1. The van der Waals surface area contributed by atoms with E-state index in [-0.39, 0.29) is 11.5 Å². The van der Waals surface area contributed by atoms with E-state index in [2.05, 4.69) is 4.28 Å². The number of aliphatic carboxylic acids is 1. The number of hydroxylamine groups is 1. The predicted molar refractivity (Wildman–Crippen MR) is 69.3 cm³/mol. The van der Waals surface area contributed by atoms with Gasteiger partial charge in [-0.05, 0) is 0 Å². The van der Waals surface area contributed by atoms with Crippen molar-refractivity contribution in [2.24, 2.45) is 11.5 Å². The van der Waals surface area contributed by atoms with Gasteiger partial charge in [0.05, 0.1) is 6.04 Å². The lowest BCUT2D eigenvalue weighted by molar-refractivity contribution is -0.137. The van der Waals surface area contributed by atoms with E-state index in [0.29, 0.717) is 0 Å². The first kappa shape index (κ1) is 18.4. The molecule has 10 nitrogen and oxygen atoms in total. The minimum absolute atomic E-state index is 0.0671. The van der Waals surface area contributed by atoms with Crippen molar-refractivity contribution in [3.8, 4) is 0 Å². The molecule has 0 aromatic rings. The lowest BCUT2D eigenvalue weighted by Crippen LogP contribution is -2.42. The highest BCUT2D eigenvalue weighted by molar-refractivity contribution is 8.76. The monoisotopic (exact) mass is 335 g/mol. The zero-order chi connectivity index (χ0) is 15.1. The fourth-order valence-electron chi connectivity index (χ4n) is 0.559. The van der Waals surface area contributed by atoms with Crippen LogP contribution in [0.25, 0.3) is 0 Å². The van der Waals surface area contributed by atoms with Gasteiger partial charge in [0.25, 0.3) is 5.91 Å². The molecule has 13 heteroatoms. The molecule has 112 valence electrons. The second-order valence-corrected chi connectivity index (χ2v) is 6.67. The van der Waals surface area contributed by atoms with Gasteiger partial charge in [0.1, 0.15) is 6.04 Å². The molecule has 0 aromatic carbocycles. The Balaban J connectivity index is 3.83. The molecule has 0 saturated heterocycles. The van der Waals surface area contributed by atoms with Crippen molar-refractivity contribution < 1.29 is 31.9 Å². The van der Waals surface area contributed by atoms with Crippen molar-refractivity contribution in [1.82, 2.24) is 5.48 Å². The zero-order valence-corrected chi connectivity index (χ0v) is 11.8. The third-order valence-electron chi connectivity index (χ3n) is 1.48. The van der Waals surface area contributed by atoms with E-state index >= 15 is 0 Å². The van der Waals surface area contributed by atoms with Gasteiger partial charge in [-0.25, -0.2) is 5.48 Å². The Kier molecular flexibility index (Phi) is 8.31. The zero-order valence-electron chi connectivity index (χ0n) is 9.38. The van der Waals surface area contributed by atoms with Crippen LogP contribution in [0.1, 0.15) is 0 Å². The molecular weight excluding hydrogens is 322 g/mol. The topological polar surface area (TPSA) is 182 Å². The van der Waals surface area contributed by atoms with Gasteiger partial charge in [-0.1, -0.05) is 21.6 Å². The minimum atomic E-state index is -4.78. The summed E-state index contributed by atoms with van der Waals surface area (Å²) in [5.41, 5.74) is 12.1. The van der Waals surface area contributed by atoms with Gasteiger partial charge in [-0.3, -0.25) is 14.1 Å². The molecular formula is C6H13N3O7S3. The molecule has 0 aliphatic heterocycles. The molecule has 0 rings (SSSR count). The van der Waals surface area contributed by atoms with Gasteiger partial charge in [-0.15, -0.1) is 4.28 Å². The Morgan fingerprint density at radius 3 is 2.11 bits per heavy atom. The molecule has 7 N–H and O–H groups in total.